The van der Waals surface area contributed by atoms with Crippen LogP contribution < -0.4 is 20.2 Å². The van der Waals surface area contributed by atoms with Crippen LogP contribution in [-0.2, 0) is 14.8 Å². The molecule has 1 unspecified atom stereocenters. The molecule has 2 bridgehead atoms. The van der Waals surface area contributed by atoms with Crippen molar-refractivity contribution in [1.82, 2.24) is 25.7 Å². The third-order valence-corrected chi connectivity index (χ3v) is 7.10. The molecular formula is C23H36N6O4S. The number of likely N-dealkylation sites (N-methyl/N-ethyl adjacent to an activating group) is 1. The first-order valence-corrected chi connectivity index (χ1v) is 13.0. The summed E-state index contributed by atoms with van der Waals surface area (Å²) in [6.07, 6.45) is 0.831. The van der Waals surface area contributed by atoms with Gasteiger partial charge in [-0.05, 0) is 44.4 Å². The summed E-state index contributed by atoms with van der Waals surface area (Å²) in [4.78, 5) is 8.90. The standard InChI is InChI=1S/C23H36N6O4S/c1-15(2)10-18-13-32-20-11-19(22-16(3)8-7-9-17(22)4)26-23(27-20)28-34(30,31)21(33-14-25-18)12-29(6)24-5/h7-9,11,15,18,21,24-25H,10,12-14H2,1-6H3,(H,26,27,28)/t18-,21?/m1/s1. The van der Waals surface area contributed by atoms with Crippen LogP contribution in [0.4, 0.5) is 5.95 Å². The normalized spacial score (nSPS) is 20.8. The summed E-state index contributed by atoms with van der Waals surface area (Å²) in [7, 11) is -0.528. The van der Waals surface area contributed by atoms with E-state index in [4.69, 9.17) is 9.47 Å². The second kappa shape index (κ2) is 11.4. The highest BCUT2D eigenvalue weighted by atomic mass is 32.2. The van der Waals surface area contributed by atoms with Gasteiger partial charge in [0.05, 0.1) is 19.0 Å². The minimum atomic E-state index is -3.99. The zero-order valence-electron chi connectivity index (χ0n) is 20.8. The van der Waals surface area contributed by atoms with E-state index in [1.807, 2.05) is 32.0 Å². The SMILES string of the molecule is CNN(C)CC1OCN[C@H](CC(C)C)COc2cc(-c3c(C)cccc3C)nc(n2)NS1(=O)=O. The van der Waals surface area contributed by atoms with Crippen molar-refractivity contribution in [2.24, 2.45) is 5.92 Å². The highest BCUT2D eigenvalue weighted by Gasteiger charge is 2.30. The lowest BCUT2D eigenvalue weighted by Crippen LogP contribution is -2.46. The second-order valence-electron chi connectivity index (χ2n) is 9.02. The first kappa shape index (κ1) is 26.3. The van der Waals surface area contributed by atoms with E-state index in [0.29, 0.717) is 24.1 Å². The van der Waals surface area contributed by atoms with Crippen molar-refractivity contribution >= 4 is 16.0 Å². The van der Waals surface area contributed by atoms with Gasteiger partial charge in [0.2, 0.25) is 11.8 Å². The van der Waals surface area contributed by atoms with E-state index in [0.717, 1.165) is 23.1 Å². The number of nitrogens with one attached hydrogen (secondary N) is 3. The Bertz CT molecular complexity index is 1060. The molecule has 1 aromatic carbocycles. The van der Waals surface area contributed by atoms with Crippen LogP contribution in [0, 0.1) is 19.8 Å². The van der Waals surface area contributed by atoms with Crippen molar-refractivity contribution in [2.45, 2.75) is 45.6 Å². The molecule has 2 atom stereocenters. The number of aromatic nitrogens is 2. The summed E-state index contributed by atoms with van der Waals surface area (Å²) in [6, 6.07) is 7.68. The number of aryl methyl sites for hydroxylation is 2. The van der Waals surface area contributed by atoms with Gasteiger partial charge in [-0.1, -0.05) is 32.0 Å². The molecule has 3 rings (SSSR count). The molecule has 0 saturated heterocycles. The van der Waals surface area contributed by atoms with Crippen LogP contribution in [0.1, 0.15) is 31.4 Å². The van der Waals surface area contributed by atoms with E-state index in [1.165, 1.54) is 0 Å². The summed E-state index contributed by atoms with van der Waals surface area (Å²) in [6.45, 7) is 8.76. The first-order chi connectivity index (χ1) is 16.1. The van der Waals surface area contributed by atoms with Gasteiger partial charge in [0.15, 0.2) is 5.44 Å². The summed E-state index contributed by atoms with van der Waals surface area (Å²) < 4.78 is 40.9. The van der Waals surface area contributed by atoms with E-state index < -0.39 is 15.5 Å². The maximum atomic E-state index is 13.3. The smallest absolute Gasteiger partial charge is 0.263 e. The summed E-state index contributed by atoms with van der Waals surface area (Å²) in [5.41, 5.74) is 5.31. The molecule has 0 fully saturated rings. The van der Waals surface area contributed by atoms with Crippen LogP contribution in [-0.4, -0.2) is 68.9 Å². The van der Waals surface area contributed by atoms with Gasteiger partial charge in [0, 0.05) is 24.7 Å². The fraction of sp³-hybridized carbons (Fsp3) is 0.565. The van der Waals surface area contributed by atoms with Gasteiger partial charge in [-0.2, -0.15) is 4.98 Å². The molecule has 10 nitrogen and oxygen atoms in total. The van der Waals surface area contributed by atoms with Crippen LogP contribution in [0.2, 0.25) is 0 Å². The highest BCUT2D eigenvalue weighted by Crippen LogP contribution is 2.29. The number of benzene rings is 1. The fourth-order valence-corrected chi connectivity index (χ4v) is 5.01. The molecule has 2 heterocycles. The van der Waals surface area contributed by atoms with Gasteiger partial charge in [-0.25, -0.2) is 23.1 Å². The molecule has 188 valence electrons. The van der Waals surface area contributed by atoms with Crippen molar-refractivity contribution in [3.05, 3.63) is 35.4 Å². The minimum absolute atomic E-state index is 0.0418. The lowest BCUT2D eigenvalue weighted by Gasteiger charge is -2.27. The average Bonchev–Trinajstić information content (AvgIpc) is 2.75. The third kappa shape index (κ3) is 6.86. The minimum Gasteiger partial charge on any atom is -0.476 e. The summed E-state index contributed by atoms with van der Waals surface area (Å²) in [5.74, 6) is 0.674. The Morgan fingerprint density at radius 2 is 1.94 bits per heavy atom. The maximum Gasteiger partial charge on any atom is 0.263 e. The highest BCUT2D eigenvalue weighted by molar-refractivity contribution is 7.93. The van der Waals surface area contributed by atoms with Crippen molar-refractivity contribution in [3.63, 3.8) is 0 Å². The Morgan fingerprint density at radius 3 is 2.59 bits per heavy atom. The van der Waals surface area contributed by atoms with Crippen LogP contribution in [0.25, 0.3) is 11.3 Å². The second-order valence-corrected chi connectivity index (χ2v) is 10.8. The number of ether oxygens (including phenoxy) is 2. The molecule has 1 aliphatic rings. The number of rotatable bonds is 6. The van der Waals surface area contributed by atoms with Crippen molar-refractivity contribution < 1.29 is 17.9 Å². The van der Waals surface area contributed by atoms with E-state index in [2.05, 4.69) is 39.3 Å². The van der Waals surface area contributed by atoms with Gasteiger partial charge in [-0.3, -0.25) is 10.7 Å². The number of nitrogens with zero attached hydrogens (tertiary/aromatic N) is 3. The van der Waals surface area contributed by atoms with Crippen LogP contribution in [0.3, 0.4) is 0 Å². The molecular weight excluding hydrogens is 456 g/mol. The fourth-order valence-electron chi connectivity index (χ4n) is 3.86. The molecule has 0 aliphatic carbocycles. The van der Waals surface area contributed by atoms with Gasteiger partial charge in [-0.15, -0.1) is 0 Å². The monoisotopic (exact) mass is 492 g/mol. The molecule has 0 saturated carbocycles. The summed E-state index contributed by atoms with van der Waals surface area (Å²) >= 11 is 0. The lowest BCUT2D eigenvalue weighted by molar-refractivity contribution is 0.0484. The van der Waals surface area contributed by atoms with Gasteiger partial charge < -0.3 is 9.47 Å². The van der Waals surface area contributed by atoms with Crippen LogP contribution >= 0.6 is 0 Å². The third-order valence-electron chi connectivity index (χ3n) is 5.65. The molecule has 1 aliphatic heterocycles. The van der Waals surface area contributed by atoms with Gasteiger partial charge in [0.1, 0.15) is 6.61 Å². The Hall–Kier alpha value is -2.31. The van der Waals surface area contributed by atoms with Crippen LogP contribution in [0.5, 0.6) is 5.88 Å². The Labute approximate surface area is 202 Å². The molecule has 11 heteroatoms. The molecule has 3 N–H and O–H groups in total. The predicted octanol–water partition coefficient (Wildman–Crippen LogP) is 2.27. The van der Waals surface area contributed by atoms with Crippen molar-refractivity contribution in [3.8, 4) is 17.1 Å². The molecule has 34 heavy (non-hydrogen) atoms. The molecule has 1 aromatic heterocycles. The average molecular weight is 493 g/mol. The van der Waals surface area contributed by atoms with Gasteiger partial charge >= 0.3 is 0 Å². The zero-order chi connectivity index (χ0) is 24.9. The zero-order valence-corrected chi connectivity index (χ0v) is 21.6. The Balaban J connectivity index is 2.06. The van der Waals surface area contributed by atoms with Crippen LogP contribution in [0.15, 0.2) is 24.3 Å². The quantitative estimate of drug-likeness (QED) is 0.522. The van der Waals surface area contributed by atoms with Crippen molar-refractivity contribution in [1.29, 1.82) is 0 Å². The molecule has 2 aromatic rings. The number of fused-ring (bicyclic) bond motifs is 2. The number of sulfonamides is 1. The van der Waals surface area contributed by atoms with E-state index in [-0.39, 0.29) is 25.3 Å². The lowest BCUT2D eigenvalue weighted by atomic mass is 10.00. The van der Waals surface area contributed by atoms with E-state index >= 15 is 0 Å². The number of hydrogen-bond acceptors (Lipinski definition) is 9. The molecule has 0 radical (unpaired) electrons. The van der Waals surface area contributed by atoms with E-state index in [1.54, 1.807) is 25.2 Å². The molecule has 0 amide bonds. The van der Waals surface area contributed by atoms with E-state index in [9.17, 15) is 8.42 Å². The number of anilines is 1. The Morgan fingerprint density at radius 1 is 1.24 bits per heavy atom. The number of hydrogen-bond donors (Lipinski definition) is 3. The summed E-state index contributed by atoms with van der Waals surface area (Å²) in [5, 5.41) is 4.92. The number of hydrazine groups is 1. The van der Waals surface area contributed by atoms with Gasteiger partial charge in [0.25, 0.3) is 10.0 Å². The first-order valence-electron chi connectivity index (χ1n) is 11.4. The predicted molar refractivity (Wildman–Crippen MR) is 133 cm³/mol. The van der Waals surface area contributed by atoms with Crippen molar-refractivity contribution in [2.75, 3.05) is 38.7 Å². The Kier molecular flexibility index (Phi) is 8.83. The molecule has 0 spiro atoms. The topological polar surface area (TPSA) is 118 Å². The maximum absolute atomic E-state index is 13.3. The largest absolute Gasteiger partial charge is 0.476 e.